The van der Waals surface area contributed by atoms with Crippen molar-refractivity contribution in [2.75, 3.05) is 31.1 Å². The molecule has 0 radical (unpaired) electrons. The molecule has 0 aliphatic carbocycles. The topological polar surface area (TPSA) is 54.3 Å². The molecular formula is C21H22FN5OS2. The minimum atomic E-state index is -0.274. The first-order valence-corrected chi connectivity index (χ1v) is 11.9. The molecule has 6 nitrogen and oxygen atoms in total. The molecule has 5 rings (SSSR count). The molecule has 4 heterocycles. The molecule has 30 heavy (non-hydrogen) atoms. The van der Waals surface area contributed by atoms with Gasteiger partial charge in [0, 0.05) is 37.5 Å². The lowest BCUT2D eigenvalue weighted by atomic mass is 10.1. The summed E-state index contributed by atoms with van der Waals surface area (Å²) >= 11 is 3.18. The van der Waals surface area contributed by atoms with E-state index in [0.717, 1.165) is 26.2 Å². The Hall–Kier alpha value is -2.23. The maximum Gasteiger partial charge on any atom is 0.264 e. The molecule has 0 saturated carbocycles. The van der Waals surface area contributed by atoms with Gasteiger partial charge in [-0.2, -0.15) is 4.68 Å². The minimum absolute atomic E-state index is 0.00265. The Morgan fingerprint density at radius 1 is 1.17 bits per heavy atom. The number of aryl methyl sites for hydroxylation is 1. The zero-order valence-corrected chi connectivity index (χ0v) is 18.2. The molecule has 2 aromatic heterocycles. The van der Waals surface area contributed by atoms with Crippen molar-refractivity contribution in [1.29, 1.82) is 0 Å². The Labute approximate surface area is 182 Å². The molecule has 2 atom stereocenters. The van der Waals surface area contributed by atoms with Gasteiger partial charge in [0.05, 0.1) is 11.7 Å². The van der Waals surface area contributed by atoms with E-state index in [9.17, 15) is 9.18 Å². The molecule has 0 spiro atoms. The molecular weight excluding hydrogens is 421 g/mol. The van der Waals surface area contributed by atoms with E-state index in [-0.39, 0.29) is 23.0 Å². The highest BCUT2D eigenvalue weighted by molar-refractivity contribution is 8.01. The minimum Gasteiger partial charge on any atom is -0.367 e. The van der Waals surface area contributed by atoms with E-state index in [4.69, 9.17) is 0 Å². The third-order valence-corrected chi connectivity index (χ3v) is 7.78. The number of nitrogens with zero attached hydrogens (tertiary/aromatic N) is 5. The number of aromatic nitrogens is 3. The van der Waals surface area contributed by atoms with Crippen LogP contribution in [-0.2, 0) is 6.42 Å². The second-order valence-corrected chi connectivity index (χ2v) is 9.48. The van der Waals surface area contributed by atoms with E-state index in [1.54, 1.807) is 17.4 Å². The maximum absolute atomic E-state index is 14.2. The number of anilines is 1. The van der Waals surface area contributed by atoms with Crippen LogP contribution in [-0.4, -0.2) is 57.0 Å². The quantitative estimate of drug-likeness (QED) is 0.599. The molecule has 3 aromatic rings. The highest BCUT2D eigenvalue weighted by Crippen LogP contribution is 2.42. The zero-order valence-electron chi connectivity index (χ0n) is 16.6. The SMILES string of the molecule is CCc1nc2n(n1)C(=O)C(C(c1cccs1)N1CCN(c3ccccc3F)CC1)S2. The summed E-state index contributed by atoms with van der Waals surface area (Å²) in [5.41, 5.74) is 0.646. The van der Waals surface area contributed by atoms with Crippen LogP contribution in [0.15, 0.2) is 46.9 Å². The van der Waals surface area contributed by atoms with Crippen molar-refractivity contribution in [1.82, 2.24) is 19.7 Å². The number of rotatable bonds is 5. The average Bonchev–Trinajstić information content (AvgIpc) is 3.49. The van der Waals surface area contributed by atoms with Crippen molar-refractivity contribution in [3.05, 3.63) is 58.3 Å². The van der Waals surface area contributed by atoms with E-state index >= 15 is 0 Å². The molecule has 2 unspecified atom stereocenters. The highest BCUT2D eigenvalue weighted by Gasteiger charge is 2.44. The van der Waals surface area contributed by atoms with Gasteiger partial charge in [-0.05, 0) is 23.6 Å². The summed E-state index contributed by atoms with van der Waals surface area (Å²) in [6, 6.07) is 11.0. The molecule has 0 bridgehead atoms. The second kappa shape index (κ2) is 8.13. The van der Waals surface area contributed by atoms with Crippen LogP contribution in [0.4, 0.5) is 10.1 Å². The summed E-state index contributed by atoms with van der Waals surface area (Å²) in [5, 5.41) is 6.85. The summed E-state index contributed by atoms with van der Waals surface area (Å²) in [6.45, 7) is 4.95. The number of piperazine rings is 1. The number of hydrogen-bond donors (Lipinski definition) is 0. The van der Waals surface area contributed by atoms with E-state index in [1.165, 1.54) is 27.4 Å². The summed E-state index contributed by atoms with van der Waals surface area (Å²) in [7, 11) is 0. The number of carbonyl (C=O) groups excluding carboxylic acids is 1. The molecule has 1 fully saturated rings. The van der Waals surface area contributed by atoms with Crippen LogP contribution in [0.2, 0.25) is 0 Å². The standard InChI is InChI=1S/C21H22FN5OS2/c1-2-17-23-21-27(24-17)20(28)19(30-21)18(16-8-5-13-29-16)26-11-9-25(10-12-26)15-7-4-3-6-14(15)22/h3-8,13,18-19H,2,9-12H2,1H3. The first-order valence-electron chi connectivity index (χ1n) is 10.1. The van der Waals surface area contributed by atoms with Crippen molar-refractivity contribution in [3.63, 3.8) is 0 Å². The van der Waals surface area contributed by atoms with Gasteiger partial charge in [0.15, 0.2) is 11.0 Å². The summed E-state index contributed by atoms with van der Waals surface area (Å²) < 4.78 is 15.7. The second-order valence-electron chi connectivity index (χ2n) is 7.39. The molecule has 156 valence electrons. The van der Waals surface area contributed by atoms with Gasteiger partial charge in [-0.25, -0.2) is 9.37 Å². The van der Waals surface area contributed by atoms with Crippen LogP contribution < -0.4 is 4.90 Å². The lowest BCUT2D eigenvalue weighted by Crippen LogP contribution is -2.50. The lowest BCUT2D eigenvalue weighted by molar-refractivity contribution is 0.0832. The molecule has 0 amide bonds. The van der Waals surface area contributed by atoms with Gasteiger partial charge in [0.1, 0.15) is 11.1 Å². The number of fused-ring (bicyclic) bond motifs is 1. The monoisotopic (exact) mass is 443 g/mol. The number of para-hydroxylation sites is 1. The van der Waals surface area contributed by atoms with Gasteiger partial charge in [0.25, 0.3) is 5.91 Å². The van der Waals surface area contributed by atoms with Crippen LogP contribution in [0.1, 0.15) is 28.5 Å². The summed E-state index contributed by atoms with van der Waals surface area (Å²) in [5.74, 6) is 0.512. The lowest BCUT2D eigenvalue weighted by Gasteiger charge is -2.41. The van der Waals surface area contributed by atoms with Gasteiger partial charge in [-0.1, -0.05) is 36.9 Å². The van der Waals surface area contributed by atoms with Crippen LogP contribution in [0.25, 0.3) is 0 Å². The summed E-state index contributed by atoms with van der Waals surface area (Å²) in [6.07, 6.45) is 0.713. The number of carbonyl (C=O) groups is 1. The van der Waals surface area contributed by atoms with Crippen molar-refractivity contribution >= 4 is 34.7 Å². The Bertz CT molecular complexity index is 1050. The largest absolute Gasteiger partial charge is 0.367 e. The average molecular weight is 444 g/mol. The zero-order chi connectivity index (χ0) is 20.7. The number of thioether (sulfide) groups is 1. The molecule has 2 aliphatic rings. The summed E-state index contributed by atoms with van der Waals surface area (Å²) in [4.78, 5) is 23.3. The first-order chi connectivity index (χ1) is 14.7. The number of thiophene rings is 1. The Kier molecular flexibility index (Phi) is 5.34. The molecule has 0 N–H and O–H groups in total. The fraction of sp³-hybridized carbons (Fsp3) is 0.381. The maximum atomic E-state index is 14.2. The third kappa shape index (κ3) is 3.44. The van der Waals surface area contributed by atoms with Gasteiger partial charge >= 0.3 is 0 Å². The smallest absolute Gasteiger partial charge is 0.264 e. The Balaban J connectivity index is 1.37. The van der Waals surface area contributed by atoms with Crippen LogP contribution >= 0.6 is 23.1 Å². The van der Waals surface area contributed by atoms with Gasteiger partial charge in [0.2, 0.25) is 0 Å². The molecule has 9 heteroatoms. The van der Waals surface area contributed by atoms with E-state index < -0.39 is 0 Å². The van der Waals surface area contributed by atoms with E-state index in [1.807, 2.05) is 30.5 Å². The fourth-order valence-electron chi connectivity index (χ4n) is 4.12. The number of hydrogen-bond acceptors (Lipinski definition) is 7. The van der Waals surface area contributed by atoms with Crippen LogP contribution in [0.3, 0.4) is 0 Å². The predicted molar refractivity (Wildman–Crippen MR) is 117 cm³/mol. The highest BCUT2D eigenvalue weighted by atomic mass is 32.2. The molecule has 2 aliphatic heterocycles. The third-order valence-electron chi connectivity index (χ3n) is 5.64. The molecule has 1 saturated heterocycles. The Morgan fingerprint density at radius 3 is 2.63 bits per heavy atom. The number of halogens is 1. The van der Waals surface area contributed by atoms with Crippen LogP contribution in [0.5, 0.6) is 0 Å². The first kappa shape index (κ1) is 19.7. The number of benzene rings is 1. The molecule has 1 aromatic carbocycles. The van der Waals surface area contributed by atoms with Crippen LogP contribution in [0, 0.1) is 5.82 Å². The van der Waals surface area contributed by atoms with E-state index in [0.29, 0.717) is 23.1 Å². The fourth-order valence-corrected chi connectivity index (χ4v) is 6.37. The Morgan fingerprint density at radius 2 is 1.97 bits per heavy atom. The predicted octanol–water partition coefficient (Wildman–Crippen LogP) is 3.72. The van der Waals surface area contributed by atoms with Crippen molar-refractivity contribution in [2.24, 2.45) is 0 Å². The van der Waals surface area contributed by atoms with Crippen molar-refractivity contribution in [2.45, 2.75) is 29.8 Å². The van der Waals surface area contributed by atoms with Gasteiger partial charge in [-0.3, -0.25) is 9.69 Å². The van der Waals surface area contributed by atoms with Crippen molar-refractivity contribution in [3.8, 4) is 0 Å². The van der Waals surface area contributed by atoms with E-state index in [2.05, 4.69) is 25.9 Å². The van der Waals surface area contributed by atoms with Gasteiger partial charge < -0.3 is 4.90 Å². The van der Waals surface area contributed by atoms with Gasteiger partial charge in [-0.15, -0.1) is 16.4 Å². The van der Waals surface area contributed by atoms with Crippen molar-refractivity contribution < 1.29 is 9.18 Å². The normalized spacial score (nSPS) is 20.5.